The molecule has 0 aliphatic carbocycles. The number of amides is 1. The predicted octanol–water partition coefficient (Wildman–Crippen LogP) is 2.55. The van der Waals surface area contributed by atoms with Crippen molar-refractivity contribution in [2.75, 3.05) is 77.8 Å². The van der Waals surface area contributed by atoms with E-state index in [1.165, 1.54) is 0 Å². The van der Waals surface area contributed by atoms with E-state index in [1.54, 1.807) is 27.5 Å². The Kier molecular flexibility index (Phi) is 7.89. The van der Waals surface area contributed by atoms with E-state index >= 15 is 0 Å². The van der Waals surface area contributed by atoms with Crippen molar-refractivity contribution >= 4 is 28.3 Å². The fourth-order valence-corrected chi connectivity index (χ4v) is 4.14. The molecule has 1 amide bonds. The van der Waals surface area contributed by atoms with Gasteiger partial charge in [0.25, 0.3) is 0 Å². The van der Waals surface area contributed by atoms with Crippen LogP contribution in [-0.2, 0) is 9.53 Å². The number of ether oxygens (including phenoxy) is 2. The van der Waals surface area contributed by atoms with Crippen LogP contribution in [0.1, 0.15) is 0 Å². The number of aromatic nitrogens is 2. The van der Waals surface area contributed by atoms with Crippen LogP contribution in [0.5, 0.6) is 5.75 Å². The molecule has 3 aromatic rings. The molecule has 0 radical (unpaired) electrons. The van der Waals surface area contributed by atoms with Crippen LogP contribution in [0, 0.1) is 0 Å². The van der Waals surface area contributed by atoms with Crippen molar-refractivity contribution in [1.29, 1.82) is 0 Å². The second-order valence-corrected chi connectivity index (χ2v) is 8.29. The number of rotatable bonds is 9. The third-order valence-electron chi connectivity index (χ3n) is 6.05. The van der Waals surface area contributed by atoms with Gasteiger partial charge < -0.3 is 20.1 Å². The van der Waals surface area contributed by atoms with E-state index in [9.17, 15) is 4.79 Å². The van der Waals surface area contributed by atoms with E-state index < -0.39 is 0 Å². The van der Waals surface area contributed by atoms with E-state index in [1.807, 2.05) is 30.3 Å². The lowest BCUT2D eigenvalue weighted by Crippen LogP contribution is -2.49. The number of nitrogens with zero attached hydrogens (tertiary/aromatic N) is 4. The quantitative estimate of drug-likeness (QED) is 0.499. The molecular weight excluding hydrogens is 432 g/mol. The third-order valence-corrected chi connectivity index (χ3v) is 6.05. The van der Waals surface area contributed by atoms with Gasteiger partial charge in [0.2, 0.25) is 11.9 Å². The summed E-state index contributed by atoms with van der Waals surface area (Å²) in [6, 6.07) is 11.7. The lowest BCUT2D eigenvalue weighted by atomic mass is 10.0. The summed E-state index contributed by atoms with van der Waals surface area (Å²) in [5.41, 5.74) is 2.41. The molecule has 2 aromatic carbocycles. The zero-order chi connectivity index (χ0) is 23.9. The smallest absolute Gasteiger partial charge is 0.238 e. The van der Waals surface area contributed by atoms with Gasteiger partial charge in [0.15, 0.2) is 0 Å². The molecule has 1 aliphatic rings. The molecule has 34 heavy (non-hydrogen) atoms. The van der Waals surface area contributed by atoms with Crippen LogP contribution in [0.3, 0.4) is 0 Å². The Labute approximate surface area is 200 Å². The summed E-state index contributed by atoms with van der Waals surface area (Å²) in [6.45, 7) is 5.61. The molecule has 0 bridgehead atoms. The Balaban J connectivity index is 1.54. The number of fused-ring (bicyclic) bond motifs is 1. The minimum atomic E-state index is -0.0368. The summed E-state index contributed by atoms with van der Waals surface area (Å²) >= 11 is 0. The van der Waals surface area contributed by atoms with E-state index in [0.29, 0.717) is 12.5 Å². The second-order valence-electron chi connectivity index (χ2n) is 8.29. The number of nitrogens with one attached hydrogen (secondary N) is 2. The van der Waals surface area contributed by atoms with Crippen molar-refractivity contribution < 1.29 is 14.3 Å². The Hall–Kier alpha value is -3.27. The number of benzene rings is 2. The van der Waals surface area contributed by atoms with Gasteiger partial charge >= 0.3 is 0 Å². The second kappa shape index (κ2) is 11.2. The maximum atomic E-state index is 13.0. The van der Waals surface area contributed by atoms with Crippen molar-refractivity contribution in [2.24, 2.45) is 0 Å². The van der Waals surface area contributed by atoms with Gasteiger partial charge in [-0.15, -0.1) is 0 Å². The van der Waals surface area contributed by atoms with Crippen LogP contribution in [0.2, 0.25) is 0 Å². The highest BCUT2D eigenvalue weighted by Crippen LogP contribution is 2.33. The first-order valence-electron chi connectivity index (χ1n) is 11.5. The molecule has 9 nitrogen and oxygen atoms in total. The lowest BCUT2D eigenvalue weighted by molar-refractivity contribution is -0.117. The topological polar surface area (TPSA) is 91.9 Å². The lowest BCUT2D eigenvalue weighted by Gasteiger charge is -2.34. The molecule has 1 aromatic heterocycles. The zero-order valence-electron chi connectivity index (χ0n) is 20.0. The van der Waals surface area contributed by atoms with Gasteiger partial charge in [-0.2, -0.15) is 0 Å². The van der Waals surface area contributed by atoms with Crippen molar-refractivity contribution in [3.63, 3.8) is 0 Å². The number of piperazine rings is 1. The summed E-state index contributed by atoms with van der Waals surface area (Å²) in [6.07, 6.45) is 1.72. The number of hydrogen-bond donors (Lipinski definition) is 2. The van der Waals surface area contributed by atoms with Crippen molar-refractivity contribution in [3.05, 3.63) is 42.6 Å². The van der Waals surface area contributed by atoms with E-state index in [4.69, 9.17) is 9.47 Å². The average molecular weight is 465 g/mol. The maximum absolute atomic E-state index is 13.0. The summed E-state index contributed by atoms with van der Waals surface area (Å²) in [5.74, 6) is 1.25. The van der Waals surface area contributed by atoms with Crippen molar-refractivity contribution in [3.8, 4) is 17.0 Å². The molecule has 2 N–H and O–H groups in total. The van der Waals surface area contributed by atoms with Crippen LogP contribution in [0.15, 0.2) is 42.6 Å². The molecule has 1 saturated heterocycles. The van der Waals surface area contributed by atoms with Gasteiger partial charge in [-0.1, -0.05) is 6.07 Å². The molecule has 4 rings (SSSR count). The number of carbonyl (C=O) groups is 1. The summed E-state index contributed by atoms with van der Waals surface area (Å²) in [7, 11) is 5.15. The Morgan fingerprint density at radius 3 is 2.59 bits per heavy atom. The molecule has 0 unspecified atom stereocenters. The molecule has 1 aliphatic heterocycles. The van der Waals surface area contributed by atoms with Crippen LogP contribution in [-0.4, -0.2) is 92.8 Å². The van der Waals surface area contributed by atoms with Crippen molar-refractivity contribution in [2.45, 2.75) is 0 Å². The predicted molar refractivity (Wildman–Crippen MR) is 134 cm³/mol. The fraction of sp³-hybridized carbons (Fsp3) is 0.400. The van der Waals surface area contributed by atoms with Gasteiger partial charge in [-0.25, -0.2) is 9.97 Å². The fourth-order valence-electron chi connectivity index (χ4n) is 4.14. The Morgan fingerprint density at radius 2 is 1.85 bits per heavy atom. The first kappa shape index (κ1) is 23.9. The zero-order valence-corrected chi connectivity index (χ0v) is 20.0. The van der Waals surface area contributed by atoms with Crippen LogP contribution in [0.4, 0.5) is 11.6 Å². The van der Waals surface area contributed by atoms with Gasteiger partial charge in [0, 0.05) is 69.7 Å². The highest BCUT2D eigenvalue weighted by molar-refractivity contribution is 6.05. The number of anilines is 2. The monoisotopic (exact) mass is 464 g/mol. The van der Waals surface area contributed by atoms with E-state index in [-0.39, 0.29) is 5.91 Å². The normalized spacial score (nSPS) is 14.8. The van der Waals surface area contributed by atoms with Gasteiger partial charge in [0.05, 0.1) is 26.0 Å². The average Bonchev–Trinajstić information content (AvgIpc) is 2.88. The first-order valence-corrected chi connectivity index (χ1v) is 11.5. The van der Waals surface area contributed by atoms with Crippen LogP contribution in [0.25, 0.3) is 22.0 Å². The largest absolute Gasteiger partial charge is 0.497 e. The minimum absolute atomic E-state index is 0.0368. The molecule has 0 spiro atoms. The van der Waals surface area contributed by atoms with E-state index in [2.05, 4.69) is 36.5 Å². The molecular formula is C25H32N6O3. The van der Waals surface area contributed by atoms with Gasteiger partial charge in [0.1, 0.15) is 5.75 Å². The number of methoxy groups -OCH3 is 2. The summed E-state index contributed by atoms with van der Waals surface area (Å²) < 4.78 is 10.6. The number of carbonyl (C=O) groups excluding carboxylic acids is 1. The molecule has 1 fully saturated rings. The number of hydrogen-bond acceptors (Lipinski definition) is 8. The molecule has 0 saturated carbocycles. The molecule has 180 valence electrons. The maximum Gasteiger partial charge on any atom is 0.238 e. The van der Waals surface area contributed by atoms with Gasteiger partial charge in [-0.3, -0.25) is 14.6 Å². The first-order chi connectivity index (χ1) is 16.6. The summed E-state index contributed by atoms with van der Waals surface area (Å²) in [4.78, 5) is 26.3. The van der Waals surface area contributed by atoms with Gasteiger partial charge in [-0.05, 0) is 35.7 Å². The van der Waals surface area contributed by atoms with Crippen LogP contribution < -0.4 is 15.4 Å². The minimum Gasteiger partial charge on any atom is -0.497 e. The van der Waals surface area contributed by atoms with E-state index in [0.717, 1.165) is 72.8 Å². The highest BCUT2D eigenvalue weighted by Gasteiger charge is 2.19. The molecule has 2 heterocycles. The summed E-state index contributed by atoms with van der Waals surface area (Å²) in [5, 5.41) is 8.02. The SMILES string of the molecule is CNc1nccc(-c2cc(NC(=O)CN3CCN(CCOC)CC3)c3cc(OC)ccc3c2)n1. The standard InChI is InChI=1S/C25H32N6O3/c1-26-25-27-7-6-22(29-25)19-14-18-4-5-20(34-3)16-21(18)23(15-19)28-24(32)17-31-10-8-30(9-11-31)12-13-33-2/h4-7,14-16H,8-13,17H2,1-3H3,(H,28,32)(H,26,27,29). The molecule has 0 atom stereocenters. The van der Waals surface area contributed by atoms with Crippen molar-refractivity contribution in [1.82, 2.24) is 19.8 Å². The third kappa shape index (κ3) is 5.80. The molecule has 9 heteroatoms. The highest BCUT2D eigenvalue weighted by atomic mass is 16.5. The van der Waals surface area contributed by atoms with Crippen LogP contribution >= 0.6 is 0 Å². The Bertz CT molecular complexity index is 1130. The Morgan fingerprint density at radius 1 is 1.06 bits per heavy atom.